The number of hydrogen-bond donors (Lipinski definition) is 2. The molecule has 0 aromatic heterocycles. The highest BCUT2D eigenvalue weighted by atomic mass is 16.5. The van der Waals surface area contributed by atoms with Crippen LogP contribution in [0.1, 0.15) is 26.7 Å². The van der Waals surface area contributed by atoms with Crippen molar-refractivity contribution in [1.29, 1.82) is 0 Å². The summed E-state index contributed by atoms with van der Waals surface area (Å²) in [5.74, 6) is -0.0304. The number of aromatic hydroxyl groups is 1. The third kappa shape index (κ3) is 4.15. The molecule has 0 saturated carbocycles. The number of imide groups is 1. The molecule has 2 rings (SSSR count). The predicted octanol–water partition coefficient (Wildman–Crippen LogP) is 1.61. The van der Waals surface area contributed by atoms with Gasteiger partial charge in [-0.25, -0.2) is 0 Å². The highest BCUT2D eigenvalue weighted by molar-refractivity contribution is 5.99. The normalized spacial score (nSPS) is 17.6. The lowest BCUT2D eigenvalue weighted by molar-refractivity contribution is -0.138. The van der Waals surface area contributed by atoms with Crippen molar-refractivity contribution in [3.8, 4) is 17.2 Å². The van der Waals surface area contributed by atoms with Crippen LogP contribution in [-0.2, 0) is 9.59 Å². The van der Waals surface area contributed by atoms with Crippen LogP contribution >= 0.6 is 0 Å². The van der Waals surface area contributed by atoms with Gasteiger partial charge < -0.3 is 14.6 Å². The van der Waals surface area contributed by atoms with E-state index in [1.165, 1.54) is 19.2 Å². The maximum atomic E-state index is 11.5. The number of phenols is 1. The summed E-state index contributed by atoms with van der Waals surface area (Å²) in [4.78, 5) is 22.5. The lowest BCUT2D eigenvalue weighted by atomic mass is 10.1. The first-order chi connectivity index (χ1) is 9.58. The zero-order valence-electron chi connectivity index (χ0n) is 11.8. The van der Waals surface area contributed by atoms with E-state index in [1.807, 2.05) is 13.8 Å². The molecule has 2 N–H and O–H groups in total. The third-order valence-electron chi connectivity index (χ3n) is 2.57. The Balaban J connectivity index is 0.000000956. The van der Waals surface area contributed by atoms with Crippen molar-refractivity contribution in [3.63, 3.8) is 0 Å². The lowest BCUT2D eigenvalue weighted by Gasteiger charge is -2.22. The van der Waals surface area contributed by atoms with Crippen molar-refractivity contribution >= 4 is 11.8 Å². The Morgan fingerprint density at radius 3 is 2.45 bits per heavy atom. The minimum absolute atomic E-state index is 0.0170. The second-order valence-corrected chi connectivity index (χ2v) is 3.92. The molecular weight excluding hydrogens is 262 g/mol. The molecule has 1 unspecified atom stereocenters. The molecule has 0 aliphatic carbocycles. The first kappa shape index (κ1) is 15.8. The van der Waals surface area contributed by atoms with Gasteiger partial charge in [-0.05, 0) is 0 Å². The van der Waals surface area contributed by atoms with Gasteiger partial charge >= 0.3 is 0 Å². The maximum absolute atomic E-state index is 11.5. The first-order valence-electron chi connectivity index (χ1n) is 6.47. The molecule has 110 valence electrons. The Hall–Kier alpha value is -2.24. The summed E-state index contributed by atoms with van der Waals surface area (Å²) in [6.07, 6.45) is -0.163. The molecule has 20 heavy (non-hydrogen) atoms. The number of rotatable bonds is 3. The summed E-state index contributed by atoms with van der Waals surface area (Å²) in [5.41, 5.74) is 0. The molecule has 0 spiro atoms. The molecule has 0 radical (unpaired) electrons. The smallest absolute Gasteiger partial charge is 0.267 e. The van der Waals surface area contributed by atoms with Crippen molar-refractivity contribution < 1.29 is 24.2 Å². The van der Waals surface area contributed by atoms with Crippen LogP contribution in [-0.4, -0.2) is 30.1 Å². The van der Waals surface area contributed by atoms with Crippen LogP contribution in [0.5, 0.6) is 17.2 Å². The van der Waals surface area contributed by atoms with Gasteiger partial charge in [-0.15, -0.1) is 0 Å². The number of carbonyl (C=O) groups excluding carboxylic acids is 2. The van der Waals surface area contributed by atoms with E-state index in [2.05, 4.69) is 5.32 Å². The molecule has 6 nitrogen and oxygen atoms in total. The monoisotopic (exact) mass is 281 g/mol. The van der Waals surface area contributed by atoms with Crippen molar-refractivity contribution in [2.24, 2.45) is 0 Å². The van der Waals surface area contributed by atoms with Gasteiger partial charge in [-0.2, -0.15) is 0 Å². The summed E-state index contributed by atoms with van der Waals surface area (Å²) in [6.45, 7) is 4.00. The average Bonchev–Trinajstić information content (AvgIpc) is 2.43. The summed E-state index contributed by atoms with van der Waals surface area (Å²) < 4.78 is 10.4. The van der Waals surface area contributed by atoms with Gasteiger partial charge in [0.15, 0.2) is 6.10 Å². The number of ether oxygens (including phenoxy) is 2. The average molecular weight is 281 g/mol. The zero-order chi connectivity index (χ0) is 15.1. The Bertz CT molecular complexity index is 486. The summed E-state index contributed by atoms with van der Waals surface area (Å²) in [5, 5.41) is 11.6. The molecule has 2 amide bonds. The van der Waals surface area contributed by atoms with Crippen LogP contribution in [0.3, 0.4) is 0 Å². The van der Waals surface area contributed by atoms with Crippen LogP contribution in [0.25, 0.3) is 0 Å². The molecule has 1 fully saturated rings. The summed E-state index contributed by atoms with van der Waals surface area (Å²) in [7, 11) is 1.46. The number of nitrogens with one attached hydrogen (secondary N) is 1. The molecule has 1 aliphatic heterocycles. The van der Waals surface area contributed by atoms with Crippen molar-refractivity contribution in [1.82, 2.24) is 5.32 Å². The summed E-state index contributed by atoms with van der Waals surface area (Å²) >= 11 is 0. The van der Waals surface area contributed by atoms with E-state index < -0.39 is 12.0 Å². The highest BCUT2D eigenvalue weighted by Crippen LogP contribution is 2.28. The summed E-state index contributed by atoms with van der Waals surface area (Å²) in [6, 6.07) is 4.37. The van der Waals surface area contributed by atoms with Crippen LogP contribution in [0.2, 0.25) is 0 Å². The number of carbonyl (C=O) groups is 2. The van der Waals surface area contributed by atoms with Crippen LogP contribution in [0.15, 0.2) is 18.2 Å². The van der Waals surface area contributed by atoms with E-state index in [4.69, 9.17) is 9.47 Å². The molecule has 1 aromatic carbocycles. The van der Waals surface area contributed by atoms with Crippen LogP contribution < -0.4 is 14.8 Å². The van der Waals surface area contributed by atoms with Gasteiger partial charge in [-0.3, -0.25) is 14.9 Å². The standard InChI is InChI=1S/C12H13NO5.C2H6/c1-17-8-4-7(14)5-9(6-8)18-10-2-3-11(15)13-12(10)16;1-2/h4-6,10,14H,2-3H2,1H3,(H,13,15,16);1-2H3. The Morgan fingerprint density at radius 1 is 1.20 bits per heavy atom. The number of hydrogen-bond acceptors (Lipinski definition) is 5. The van der Waals surface area contributed by atoms with Crippen molar-refractivity contribution in [2.45, 2.75) is 32.8 Å². The van der Waals surface area contributed by atoms with Gasteiger partial charge in [-0.1, -0.05) is 13.8 Å². The van der Waals surface area contributed by atoms with Crippen LogP contribution in [0, 0.1) is 0 Å². The number of phenolic OH excluding ortho intramolecular Hbond substituents is 1. The zero-order valence-corrected chi connectivity index (χ0v) is 11.8. The lowest BCUT2D eigenvalue weighted by Crippen LogP contribution is -2.46. The first-order valence-corrected chi connectivity index (χ1v) is 6.47. The minimum atomic E-state index is -0.728. The second kappa shape index (κ2) is 7.37. The molecule has 1 heterocycles. The maximum Gasteiger partial charge on any atom is 0.267 e. The van der Waals surface area contributed by atoms with E-state index in [0.29, 0.717) is 17.9 Å². The Labute approximate surface area is 117 Å². The number of methoxy groups -OCH3 is 1. The number of amides is 2. The van der Waals surface area contributed by atoms with E-state index in [0.717, 1.165) is 0 Å². The van der Waals surface area contributed by atoms with E-state index >= 15 is 0 Å². The Morgan fingerprint density at radius 2 is 1.85 bits per heavy atom. The highest BCUT2D eigenvalue weighted by Gasteiger charge is 2.28. The molecule has 0 bridgehead atoms. The Kier molecular flexibility index (Phi) is 5.83. The number of benzene rings is 1. The molecule has 6 heteroatoms. The fraction of sp³-hybridized carbons (Fsp3) is 0.429. The fourth-order valence-corrected chi connectivity index (χ4v) is 1.69. The van der Waals surface area contributed by atoms with Gasteiger partial charge in [0.2, 0.25) is 5.91 Å². The van der Waals surface area contributed by atoms with Crippen LogP contribution in [0.4, 0.5) is 0 Å². The molecule has 1 aromatic rings. The van der Waals surface area contributed by atoms with E-state index in [9.17, 15) is 14.7 Å². The molecule has 1 atom stereocenters. The van der Waals surface area contributed by atoms with Gasteiger partial charge in [0.1, 0.15) is 17.2 Å². The minimum Gasteiger partial charge on any atom is -0.508 e. The third-order valence-corrected chi connectivity index (χ3v) is 2.57. The second-order valence-electron chi connectivity index (χ2n) is 3.92. The van der Waals surface area contributed by atoms with Gasteiger partial charge in [0.25, 0.3) is 5.91 Å². The fourth-order valence-electron chi connectivity index (χ4n) is 1.69. The quantitative estimate of drug-likeness (QED) is 0.822. The van der Waals surface area contributed by atoms with Crippen molar-refractivity contribution in [2.75, 3.05) is 7.11 Å². The SMILES string of the molecule is CC.COc1cc(O)cc(OC2CCC(=O)NC2=O)c1. The molecular formula is C14H19NO5. The van der Waals surface area contributed by atoms with E-state index in [1.54, 1.807) is 6.07 Å². The van der Waals surface area contributed by atoms with Gasteiger partial charge in [0, 0.05) is 31.0 Å². The number of piperidine rings is 1. The predicted molar refractivity (Wildman–Crippen MR) is 72.8 cm³/mol. The van der Waals surface area contributed by atoms with Crippen molar-refractivity contribution in [3.05, 3.63) is 18.2 Å². The van der Waals surface area contributed by atoms with Gasteiger partial charge in [0.05, 0.1) is 7.11 Å². The molecule has 1 aliphatic rings. The largest absolute Gasteiger partial charge is 0.508 e. The molecule has 1 saturated heterocycles. The topological polar surface area (TPSA) is 84.9 Å². The van der Waals surface area contributed by atoms with E-state index in [-0.39, 0.29) is 18.1 Å².